The van der Waals surface area contributed by atoms with Crippen molar-refractivity contribution in [1.29, 1.82) is 0 Å². The smallest absolute Gasteiger partial charge is 0.262 e. The summed E-state index contributed by atoms with van der Waals surface area (Å²) >= 11 is 5.90. The fourth-order valence-electron chi connectivity index (χ4n) is 3.02. The lowest BCUT2D eigenvalue weighted by atomic mass is 10.3. The quantitative estimate of drug-likeness (QED) is 0.533. The van der Waals surface area contributed by atoms with E-state index in [9.17, 15) is 16.8 Å². The molecule has 1 aliphatic rings. The normalized spacial score (nSPS) is 13.8. The Balaban J connectivity index is 1.57. The zero-order valence-electron chi connectivity index (χ0n) is 16.6. The van der Waals surface area contributed by atoms with Crippen LogP contribution in [0.25, 0.3) is 0 Å². The Bertz CT molecular complexity index is 1360. The molecule has 0 saturated heterocycles. The van der Waals surface area contributed by atoms with E-state index in [0.29, 0.717) is 36.2 Å². The highest BCUT2D eigenvalue weighted by Gasteiger charge is 2.21. The molecule has 0 amide bonds. The summed E-state index contributed by atoms with van der Waals surface area (Å²) in [5.41, 5.74) is 0.377. The van der Waals surface area contributed by atoms with E-state index in [1.54, 1.807) is 18.2 Å². The molecule has 0 atom stereocenters. The van der Waals surface area contributed by atoms with Crippen LogP contribution in [0.5, 0.6) is 11.5 Å². The molecule has 1 aliphatic heterocycles. The molecular weight excluding hydrogens is 476 g/mol. The average Bonchev–Trinajstić information content (AvgIpc) is 2.98. The van der Waals surface area contributed by atoms with Gasteiger partial charge >= 0.3 is 0 Å². The lowest BCUT2D eigenvalue weighted by Crippen LogP contribution is -2.15. The molecule has 3 aromatic carbocycles. The van der Waals surface area contributed by atoms with Crippen molar-refractivity contribution >= 4 is 43.0 Å². The molecular formula is C21H19ClN2O6S2. The molecule has 4 rings (SSSR count). The largest absolute Gasteiger partial charge is 0.490 e. The van der Waals surface area contributed by atoms with Gasteiger partial charge in [-0.1, -0.05) is 23.7 Å². The van der Waals surface area contributed by atoms with Crippen LogP contribution in [0.2, 0.25) is 5.02 Å². The third-order valence-electron chi connectivity index (χ3n) is 4.50. The van der Waals surface area contributed by atoms with Gasteiger partial charge in [0, 0.05) is 17.5 Å². The molecule has 0 unspecified atom stereocenters. The van der Waals surface area contributed by atoms with Crippen LogP contribution in [0, 0.1) is 0 Å². The first kappa shape index (κ1) is 22.3. The summed E-state index contributed by atoms with van der Waals surface area (Å²) in [5.74, 6) is 0.814. The van der Waals surface area contributed by atoms with Gasteiger partial charge in [-0.15, -0.1) is 0 Å². The highest BCUT2D eigenvalue weighted by atomic mass is 35.5. The molecule has 8 nitrogen and oxygen atoms in total. The van der Waals surface area contributed by atoms with Crippen molar-refractivity contribution in [3.8, 4) is 11.5 Å². The van der Waals surface area contributed by atoms with Crippen molar-refractivity contribution in [2.24, 2.45) is 0 Å². The monoisotopic (exact) mass is 494 g/mol. The van der Waals surface area contributed by atoms with Crippen molar-refractivity contribution < 1.29 is 26.3 Å². The molecule has 2 N–H and O–H groups in total. The number of ether oxygens (including phenoxy) is 2. The summed E-state index contributed by atoms with van der Waals surface area (Å²) in [6.07, 6.45) is 0.694. The van der Waals surface area contributed by atoms with Crippen molar-refractivity contribution in [2.75, 3.05) is 22.7 Å². The van der Waals surface area contributed by atoms with Crippen LogP contribution in [0.3, 0.4) is 0 Å². The molecule has 0 aromatic heterocycles. The molecule has 0 saturated carbocycles. The number of hydrogen-bond acceptors (Lipinski definition) is 6. The van der Waals surface area contributed by atoms with Gasteiger partial charge in [0.1, 0.15) is 0 Å². The minimum atomic E-state index is -4.00. The third-order valence-corrected chi connectivity index (χ3v) is 7.50. The second kappa shape index (κ2) is 8.89. The van der Waals surface area contributed by atoms with Crippen LogP contribution in [0.15, 0.2) is 76.5 Å². The van der Waals surface area contributed by atoms with E-state index in [1.807, 2.05) is 0 Å². The topological polar surface area (TPSA) is 111 Å². The van der Waals surface area contributed by atoms with Crippen molar-refractivity contribution in [1.82, 2.24) is 0 Å². The highest BCUT2D eigenvalue weighted by molar-refractivity contribution is 7.93. The Morgan fingerprint density at radius 1 is 0.688 bits per heavy atom. The number of fused-ring (bicyclic) bond motifs is 1. The lowest BCUT2D eigenvalue weighted by molar-refractivity contribution is 0.297. The van der Waals surface area contributed by atoms with Crippen LogP contribution in [0.1, 0.15) is 6.42 Å². The Hall–Kier alpha value is -2.95. The van der Waals surface area contributed by atoms with Crippen LogP contribution in [-0.4, -0.2) is 30.0 Å². The van der Waals surface area contributed by atoms with E-state index in [-0.39, 0.29) is 21.2 Å². The number of rotatable bonds is 6. The summed E-state index contributed by atoms with van der Waals surface area (Å²) in [5, 5.41) is 0.377. The average molecular weight is 495 g/mol. The number of halogens is 1. The van der Waals surface area contributed by atoms with Gasteiger partial charge in [0.25, 0.3) is 20.0 Å². The number of anilines is 2. The second-order valence-corrected chi connectivity index (χ2v) is 10.7. The molecule has 0 bridgehead atoms. The standard InChI is InChI=1S/C21H19ClN2O6S2/c22-15-4-1-5-16(12-15)23-31(25,26)18-7-2-6-17(13-18)24-32(27,28)19-8-9-20-21(14-19)30-11-3-10-29-20/h1-2,4-9,12-14,23-24H,3,10-11H2. The number of nitrogens with one attached hydrogen (secondary N) is 2. The Labute approximate surface area is 191 Å². The van der Waals surface area contributed by atoms with Gasteiger partial charge in [0.05, 0.1) is 34.4 Å². The summed E-state index contributed by atoms with van der Waals surface area (Å²) < 4.78 is 67.1. The predicted molar refractivity (Wildman–Crippen MR) is 122 cm³/mol. The Kier molecular flexibility index (Phi) is 6.18. The van der Waals surface area contributed by atoms with Gasteiger partial charge in [-0.05, 0) is 48.5 Å². The molecule has 0 aliphatic carbocycles. The van der Waals surface area contributed by atoms with Gasteiger partial charge in [0.2, 0.25) is 0 Å². The molecule has 0 radical (unpaired) electrons. The van der Waals surface area contributed by atoms with Gasteiger partial charge in [-0.25, -0.2) is 16.8 Å². The Morgan fingerprint density at radius 2 is 1.28 bits per heavy atom. The number of hydrogen-bond donors (Lipinski definition) is 2. The number of benzene rings is 3. The predicted octanol–water partition coefficient (Wildman–Crippen LogP) is 4.10. The van der Waals surface area contributed by atoms with E-state index < -0.39 is 20.0 Å². The molecule has 3 aromatic rings. The summed E-state index contributed by atoms with van der Waals surface area (Å²) in [7, 11) is -7.97. The summed E-state index contributed by atoms with van der Waals surface area (Å²) in [6.45, 7) is 0.908. The summed E-state index contributed by atoms with van der Waals surface area (Å²) in [4.78, 5) is -0.150. The SMILES string of the molecule is O=S(=O)(Nc1cccc(Cl)c1)c1cccc(NS(=O)(=O)c2ccc3c(c2)OCCCO3)c1. The molecule has 168 valence electrons. The molecule has 1 heterocycles. The molecule has 0 fully saturated rings. The van der Waals surface area contributed by atoms with E-state index in [4.69, 9.17) is 21.1 Å². The fraction of sp³-hybridized carbons (Fsp3) is 0.143. The first-order valence-corrected chi connectivity index (χ1v) is 12.9. The highest BCUT2D eigenvalue weighted by Crippen LogP contribution is 2.32. The maximum atomic E-state index is 12.9. The van der Waals surface area contributed by atoms with Gasteiger partial charge < -0.3 is 9.47 Å². The molecule has 0 spiro atoms. The molecule has 11 heteroatoms. The van der Waals surface area contributed by atoms with E-state index in [1.165, 1.54) is 48.5 Å². The van der Waals surface area contributed by atoms with E-state index in [2.05, 4.69) is 9.44 Å². The van der Waals surface area contributed by atoms with Gasteiger partial charge in [0.15, 0.2) is 11.5 Å². The van der Waals surface area contributed by atoms with Crippen molar-refractivity contribution in [3.05, 3.63) is 71.8 Å². The maximum absolute atomic E-state index is 12.9. The van der Waals surface area contributed by atoms with Gasteiger partial charge in [-0.3, -0.25) is 9.44 Å². The van der Waals surface area contributed by atoms with Crippen molar-refractivity contribution in [3.63, 3.8) is 0 Å². The minimum Gasteiger partial charge on any atom is -0.490 e. The van der Waals surface area contributed by atoms with Crippen LogP contribution >= 0.6 is 11.6 Å². The fourth-order valence-corrected chi connectivity index (χ4v) is 5.37. The lowest BCUT2D eigenvalue weighted by Gasteiger charge is -2.13. The van der Waals surface area contributed by atoms with Crippen LogP contribution in [0.4, 0.5) is 11.4 Å². The van der Waals surface area contributed by atoms with E-state index in [0.717, 1.165) is 0 Å². The van der Waals surface area contributed by atoms with Crippen molar-refractivity contribution in [2.45, 2.75) is 16.2 Å². The maximum Gasteiger partial charge on any atom is 0.262 e. The first-order chi connectivity index (χ1) is 15.2. The zero-order valence-corrected chi connectivity index (χ0v) is 19.0. The van der Waals surface area contributed by atoms with Crippen LogP contribution in [-0.2, 0) is 20.0 Å². The third kappa shape index (κ3) is 5.09. The second-order valence-electron chi connectivity index (χ2n) is 6.91. The van der Waals surface area contributed by atoms with E-state index >= 15 is 0 Å². The molecule has 32 heavy (non-hydrogen) atoms. The Morgan fingerprint density at radius 3 is 1.97 bits per heavy atom. The summed E-state index contributed by atoms with van der Waals surface area (Å²) in [6, 6.07) is 16.1. The van der Waals surface area contributed by atoms with Gasteiger partial charge in [-0.2, -0.15) is 0 Å². The first-order valence-electron chi connectivity index (χ1n) is 9.54. The number of sulfonamides is 2. The van der Waals surface area contributed by atoms with Crippen LogP contribution < -0.4 is 18.9 Å². The minimum absolute atomic E-state index is 0.0351. The zero-order chi connectivity index (χ0) is 22.8.